The molecule has 20 heavy (non-hydrogen) atoms. The zero-order chi connectivity index (χ0) is 14.3. The lowest BCUT2D eigenvalue weighted by Gasteiger charge is -2.29. The lowest BCUT2D eigenvalue weighted by Crippen LogP contribution is -2.31. The van der Waals surface area contributed by atoms with Crippen LogP contribution in [-0.4, -0.2) is 25.2 Å². The molecule has 0 saturated carbocycles. The third-order valence-corrected chi connectivity index (χ3v) is 3.84. The smallest absolute Gasteiger partial charge is 0.336 e. The number of carbonyl (C=O) groups is 1. The number of rotatable bonds is 2. The Kier molecular flexibility index (Phi) is 2.86. The van der Waals surface area contributed by atoms with Gasteiger partial charge in [0.1, 0.15) is 6.17 Å². The van der Waals surface area contributed by atoms with Crippen molar-refractivity contribution in [1.29, 1.82) is 0 Å². The number of anilines is 2. The van der Waals surface area contributed by atoms with Gasteiger partial charge in [-0.3, -0.25) is 0 Å². The molecule has 0 aliphatic carbocycles. The maximum Gasteiger partial charge on any atom is 0.336 e. The summed E-state index contributed by atoms with van der Waals surface area (Å²) in [6, 6.07) is 15.3. The summed E-state index contributed by atoms with van der Waals surface area (Å²) in [6.07, 6.45) is -0.0975. The quantitative estimate of drug-likeness (QED) is 0.909. The zero-order valence-corrected chi connectivity index (χ0v) is 11.4. The van der Waals surface area contributed by atoms with Crippen LogP contribution in [0.2, 0.25) is 0 Å². The third-order valence-electron chi connectivity index (χ3n) is 3.84. The molecule has 1 N–H and O–H groups in total. The largest absolute Gasteiger partial charge is 0.478 e. The molecule has 4 nitrogen and oxygen atoms in total. The fourth-order valence-electron chi connectivity index (χ4n) is 2.92. The van der Waals surface area contributed by atoms with Crippen molar-refractivity contribution in [2.24, 2.45) is 0 Å². The van der Waals surface area contributed by atoms with Gasteiger partial charge in [-0.1, -0.05) is 30.3 Å². The number of aromatic carboxylic acids is 1. The van der Waals surface area contributed by atoms with Crippen LogP contribution in [0.4, 0.5) is 11.4 Å². The topological polar surface area (TPSA) is 43.8 Å². The summed E-state index contributed by atoms with van der Waals surface area (Å²) in [6.45, 7) is 0. The van der Waals surface area contributed by atoms with Gasteiger partial charge in [-0.15, -0.1) is 0 Å². The molecule has 0 spiro atoms. The first-order valence-electron chi connectivity index (χ1n) is 6.48. The molecular weight excluding hydrogens is 252 g/mol. The van der Waals surface area contributed by atoms with Crippen LogP contribution in [0.25, 0.3) is 0 Å². The second-order valence-corrected chi connectivity index (χ2v) is 4.98. The van der Waals surface area contributed by atoms with Gasteiger partial charge in [0.2, 0.25) is 0 Å². The summed E-state index contributed by atoms with van der Waals surface area (Å²) in [7, 11) is 3.98. The Balaban J connectivity index is 2.12. The molecule has 1 heterocycles. The number of hydrogen-bond donors (Lipinski definition) is 1. The minimum atomic E-state index is -0.890. The van der Waals surface area contributed by atoms with Crippen LogP contribution in [0, 0.1) is 0 Å². The highest BCUT2D eigenvalue weighted by Gasteiger charge is 2.34. The first kappa shape index (κ1) is 12.5. The van der Waals surface area contributed by atoms with Crippen LogP contribution in [-0.2, 0) is 0 Å². The molecule has 0 atom stereocenters. The van der Waals surface area contributed by atoms with Crippen molar-refractivity contribution in [2.45, 2.75) is 6.17 Å². The monoisotopic (exact) mass is 268 g/mol. The summed E-state index contributed by atoms with van der Waals surface area (Å²) < 4.78 is 0. The molecule has 0 bridgehead atoms. The van der Waals surface area contributed by atoms with Crippen molar-refractivity contribution in [1.82, 2.24) is 0 Å². The SMILES string of the molecule is CN1c2ccccc2N(C)C1c1ccccc1C(=O)O. The summed E-state index contributed by atoms with van der Waals surface area (Å²) in [5.41, 5.74) is 3.38. The minimum Gasteiger partial charge on any atom is -0.478 e. The highest BCUT2D eigenvalue weighted by atomic mass is 16.4. The Labute approximate surface area is 117 Å². The second kappa shape index (κ2) is 4.56. The molecule has 1 aliphatic rings. The maximum absolute atomic E-state index is 11.4. The van der Waals surface area contributed by atoms with Crippen molar-refractivity contribution >= 4 is 17.3 Å². The lowest BCUT2D eigenvalue weighted by atomic mass is 10.0. The van der Waals surface area contributed by atoms with Crippen LogP contribution in [0.1, 0.15) is 22.1 Å². The molecule has 0 amide bonds. The first-order valence-corrected chi connectivity index (χ1v) is 6.48. The maximum atomic E-state index is 11.4. The lowest BCUT2D eigenvalue weighted by molar-refractivity contribution is 0.0695. The molecule has 1 aliphatic heterocycles. The van der Waals surface area contributed by atoms with Crippen molar-refractivity contribution < 1.29 is 9.90 Å². The van der Waals surface area contributed by atoms with E-state index in [1.54, 1.807) is 12.1 Å². The molecule has 2 aromatic rings. The number of benzene rings is 2. The predicted octanol–water partition coefficient (Wildman–Crippen LogP) is 2.97. The Morgan fingerprint density at radius 3 is 2.00 bits per heavy atom. The molecule has 2 aromatic carbocycles. The second-order valence-electron chi connectivity index (χ2n) is 4.98. The van der Waals surface area contributed by atoms with E-state index in [0.29, 0.717) is 5.56 Å². The van der Waals surface area contributed by atoms with Crippen LogP contribution in [0.3, 0.4) is 0 Å². The van der Waals surface area contributed by atoms with Gasteiger partial charge in [0.15, 0.2) is 0 Å². The van der Waals surface area contributed by atoms with Crippen LogP contribution in [0.5, 0.6) is 0 Å². The van der Waals surface area contributed by atoms with E-state index in [2.05, 4.69) is 21.9 Å². The highest BCUT2D eigenvalue weighted by molar-refractivity contribution is 5.90. The fraction of sp³-hybridized carbons (Fsp3) is 0.188. The standard InChI is InChI=1S/C16H16N2O2/c1-17-13-9-5-6-10-14(13)18(2)15(17)11-7-3-4-8-12(11)16(19)20/h3-10,15H,1-2H3,(H,19,20). The van der Waals surface area contributed by atoms with Gasteiger partial charge < -0.3 is 14.9 Å². The van der Waals surface area contributed by atoms with Gasteiger partial charge in [0.05, 0.1) is 16.9 Å². The Morgan fingerprint density at radius 1 is 0.950 bits per heavy atom. The minimum absolute atomic E-state index is 0.0975. The van der Waals surface area contributed by atoms with Gasteiger partial charge in [-0.25, -0.2) is 4.79 Å². The molecule has 0 fully saturated rings. The third kappa shape index (κ3) is 1.72. The molecule has 0 aromatic heterocycles. The number of para-hydroxylation sites is 2. The van der Waals surface area contributed by atoms with Crippen molar-refractivity contribution in [3.05, 3.63) is 59.7 Å². The predicted molar refractivity (Wildman–Crippen MR) is 79.4 cm³/mol. The molecule has 0 radical (unpaired) electrons. The number of carboxylic acid groups (broad SMARTS) is 1. The number of nitrogens with zero attached hydrogens (tertiary/aromatic N) is 2. The molecule has 0 unspecified atom stereocenters. The average Bonchev–Trinajstić information content (AvgIpc) is 2.71. The summed E-state index contributed by atoms with van der Waals surface area (Å²) in [5.74, 6) is -0.890. The van der Waals surface area contributed by atoms with E-state index in [1.807, 2.05) is 38.4 Å². The number of carboxylic acids is 1. The van der Waals surface area contributed by atoms with Crippen LogP contribution < -0.4 is 9.80 Å². The Bertz CT molecular complexity index is 640. The van der Waals surface area contributed by atoms with E-state index in [1.165, 1.54) is 0 Å². The highest BCUT2D eigenvalue weighted by Crippen LogP contribution is 2.44. The van der Waals surface area contributed by atoms with Crippen LogP contribution >= 0.6 is 0 Å². The molecular formula is C16H16N2O2. The normalized spacial score (nSPS) is 14.5. The van der Waals surface area contributed by atoms with E-state index >= 15 is 0 Å². The van der Waals surface area contributed by atoms with E-state index in [-0.39, 0.29) is 6.17 Å². The summed E-state index contributed by atoms with van der Waals surface area (Å²) in [5, 5.41) is 9.38. The van der Waals surface area contributed by atoms with Crippen molar-refractivity contribution in [3.63, 3.8) is 0 Å². The van der Waals surface area contributed by atoms with E-state index < -0.39 is 5.97 Å². The van der Waals surface area contributed by atoms with Gasteiger partial charge in [-0.05, 0) is 18.2 Å². The number of hydrogen-bond acceptors (Lipinski definition) is 3. The van der Waals surface area contributed by atoms with Gasteiger partial charge in [0.25, 0.3) is 0 Å². The first-order chi connectivity index (χ1) is 9.61. The van der Waals surface area contributed by atoms with Crippen LogP contribution in [0.15, 0.2) is 48.5 Å². The Hall–Kier alpha value is -2.49. The van der Waals surface area contributed by atoms with Crippen molar-refractivity contribution in [3.8, 4) is 0 Å². The molecule has 0 saturated heterocycles. The van der Waals surface area contributed by atoms with E-state index in [4.69, 9.17) is 0 Å². The van der Waals surface area contributed by atoms with Gasteiger partial charge in [-0.2, -0.15) is 0 Å². The fourth-order valence-corrected chi connectivity index (χ4v) is 2.92. The van der Waals surface area contributed by atoms with Crippen molar-refractivity contribution in [2.75, 3.05) is 23.9 Å². The summed E-state index contributed by atoms with van der Waals surface area (Å²) >= 11 is 0. The molecule has 102 valence electrons. The average molecular weight is 268 g/mol. The number of fused-ring (bicyclic) bond motifs is 1. The van der Waals surface area contributed by atoms with E-state index in [0.717, 1.165) is 16.9 Å². The molecule has 4 heteroatoms. The van der Waals surface area contributed by atoms with E-state index in [9.17, 15) is 9.90 Å². The molecule has 3 rings (SSSR count). The van der Waals surface area contributed by atoms with Gasteiger partial charge in [0, 0.05) is 19.7 Å². The Morgan fingerprint density at radius 2 is 1.45 bits per heavy atom. The summed E-state index contributed by atoms with van der Waals surface area (Å²) in [4.78, 5) is 15.6. The van der Waals surface area contributed by atoms with Gasteiger partial charge >= 0.3 is 5.97 Å². The zero-order valence-electron chi connectivity index (χ0n) is 11.4.